The number of nitrogens with one attached hydrogen (secondary N) is 1. The summed E-state index contributed by atoms with van der Waals surface area (Å²) in [5.41, 5.74) is 5.70. The number of rotatable bonds is 0. The van der Waals surface area contributed by atoms with E-state index in [0.29, 0.717) is 6.04 Å². The summed E-state index contributed by atoms with van der Waals surface area (Å²) in [5, 5.41) is 3.22. The van der Waals surface area contributed by atoms with Gasteiger partial charge in [0.05, 0.1) is 0 Å². The van der Waals surface area contributed by atoms with Crippen LogP contribution in [0.2, 0.25) is 0 Å². The van der Waals surface area contributed by atoms with Crippen LogP contribution in [0.5, 0.6) is 0 Å². The van der Waals surface area contributed by atoms with Crippen molar-refractivity contribution < 1.29 is 0 Å². The van der Waals surface area contributed by atoms with Gasteiger partial charge in [0.25, 0.3) is 0 Å². The Morgan fingerprint density at radius 3 is 1.47 bits per heavy atom. The molecular weight excluding hydrogens is 208 g/mol. The van der Waals surface area contributed by atoms with Crippen molar-refractivity contribution in [3.05, 3.63) is 0 Å². The number of hydrogen-bond donors (Lipinski definition) is 2. The molecule has 1 aliphatic carbocycles. The highest BCUT2D eigenvalue weighted by Crippen LogP contribution is 2.21. The van der Waals surface area contributed by atoms with Crippen molar-refractivity contribution in [2.75, 3.05) is 13.1 Å². The normalized spacial score (nSPS) is 26.5. The van der Waals surface area contributed by atoms with Crippen LogP contribution < -0.4 is 11.1 Å². The van der Waals surface area contributed by atoms with Gasteiger partial charge in [-0.2, -0.15) is 0 Å². The average Bonchev–Trinajstić information content (AvgIpc) is 2.97. The summed E-state index contributed by atoms with van der Waals surface area (Å²) in [4.78, 5) is 0. The molecule has 0 radical (unpaired) electrons. The Kier molecular flexibility index (Phi) is 18.0. The van der Waals surface area contributed by atoms with Crippen LogP contribution in [0.1, 0.15) is 73.1 Å². The largest absolute Gasteiger partial charge is 0.328 e. The summed E-state index contributed by atoms with van der Waals surface area (Å²) in [6, 6.07) is 0.520. The van der Waals surface area contributed by atoms with Gasteiger partial charge in [0.15, 0.2) is 0 Å². The van der Waals surface area contributed by atoms with Crippen molar-refractivity contribution in [3.8, 4) is 0 Å². The van der Waals surface area contributed by atoms with E-state index < -0.39 is 0 Å². The quantitative estimate of drug-likeness (QED) is 0.677. The summed E-state index contributed by atoms with van der Waals surface area (Å²) >= 11 is 0. The molecule has 106 valence electrons. The molecule has 0 atom stereocenters. The molecule has 0 spiro atoms. The first-order valence-electron chi connectivity index (χ1n) is 7.75. The van der Waals surface area contributed by atoms with Crippen LogP contribution in [0.3, 0.4) is 0 Å². The zero-order valence-electron chi connectivity index (χ0n) is 12.9. The molecule has 1 heterocycles. The smallest absolute Gasteiger partial charge is 0.00390 e. The van der Waals surface area contributed by atoms with Crippen LogP contribution >= 0.6 is 0 Å². The summed E-state index contributed by atoms with van der Waals surface area (Å²) in [6.45, 7) is 12.8. The molecule has 2 aliphatic rings. The summed E-state index contributed by atoms with van der Waals surface area (Å²) < 4.78 is 0. The van der Waals surface area contributed by atoms with Crippen LogP contribution in [0.15, 0.2) is 0 Å². The average molecular weight is 244 g/mol. The lowest BCUT2D eigenvalue weighted by atomic mass is 9.88. The molecule has 1 aliphatic heterocycles. The van der Waals surface area contributed by atoms with Gasteiger partial charge >= 0.3 is 0 Å². The third-order valence-electron chi connectivity index (χ3n) is 3.02. The van der Waals surface area contributed by atoms with Crippen molar-refractivity contribution in [1.82, 2.24) is 5.32 Å². The molecule has 2 heteroatoms. The van der Waals surface area contributed by atoms with E-state index in [1.54, 1.807) is 0 Å². The van der Waals surface area contributed by atoms with Crippen LogP contribution in [0, 0.1) is 5.92 Å². The topological polar surface area (TPSA) is 38.0 Å². The standard InChI is InChI=1S/C7H15N.C4H9N.2C2H6/c1-6-2-4-7(8)5-3-6;1-2-4-5-3-1;2*1-2/h6-7H,2-5,8H2,1H3;5H,1-4H2;2*1-2H3. The lowest BCUT2D eigenvalue weighted by Gasteiger charge is -2.22. The SMILES string of the molecule is C1CCNC1.CC.CC.CC1CCC(N)CC1. The van der Waals surface area contributed by atoms with Gasteiger partial charge in [0.1, 0.15) is 0 Å². The molecule has 2 rings (SSSR count). The predicted octanol–water partition coefficient (Wildman–Crippen LogP) is 3.95. The third-order valence-corrected chi connectivity index (χ3v) is 3.02. The van der Waals surface area contributed by atoms with E-state index in [0.717, 1.165) is 5.92 Å². The van der Waals surface area contributed by atoms with Gasteiger partial charge in [-0.25, -0.2) is 0 Å². The first-order chi connectivity index (χ1) is 8.29. The Labute approximate surface area is 110 Å². The fraction of sp³-hybridized carbons (Fsp3) is 1.00. The van der Waals surface area contributed by atoms with Gasteiger partial charge in [-0.1, -0.05) is 34.6 Å². The second kappa shape index (κ2) is 15.9. The second-order valence-corrected chi connectivity index (χ2v) is 4.48. The van der Waals surface area contributed by atoms with Crippen LogP contribution in [0.25, 0.3) is 0 Å². The summed E-state index contributed by atoms with van der Waals surface area (Å²) in [7, 11) is 0. The molecule has 0 unspecified atom stereocenters. The first-order valence-corrected chi connectivity index (χ1v) is 7.75. The summed E-state index contributed by atoms with van der Waals surface area (Å²) in [5.74, 6) is 0.940. The van der Waals surface area contributed by atoms with E-state index in [9.17, 15) is 0 Å². The zero-order chi connectivity index (χ0) is 13.5. The van der Waals surface area contributed by atoms with Crippen molar-refractivity contribution in [2.24, 2.45) is 11.7 Å². The molecule has 2 nitrogen and oxygen atoms in total. The molecule has 3 N–H and O–H groups in total. The predicted molar refractivity (Wildman–Crippen MR) is 80.4 cm³/mol. The Bertz CT molecular complexity index is 96.5. The maximum absolute atomic E-state index is 5.70. The number of hydrogen-bond acceptors (Lipinski definition) is 2. The van der Waals surface area contributed by atoms with Gasteiger partial charge in [-0.15, -0.1) is 0 Å². The van der Waals surface area contributed by atoms with Crippen LogP contribution in [-0.2, 0) is 0 Å². The fourth-order valence-electron chi connectivity index (χ4n) is 1.91. The molecule has 2 fully saturated rings. The van der Waals surface area contributed by atoms with Gasteiger partial charge in [-0.05, 0) is 57.5 Å². The monoisotopic (exact) mass is 244 g/mol. The third kappa shape index (κ3) is 13.9. The highest BCUT2D eigenvalue weighted by Gasteiger charge is 2.13. The molecule has 0 bridgehead atoms. The molecular formula is C15H36N2. The highest BCUT2D eigenvalue weighted by atomic mass is 14.9. The van der Waals surface area contributed by atoms with Crippen molar-refractivity contribution in [1.29, 1.82) is 0 Å². The molecule has 17 heavy (non-hydrogen) atoms. The maximum atomic E-state index is 5.70. The lowest BCUT2D eigenvalue weighted by Crippen LogP contribution is -2.25. The van der Waals surface area contributed by atoms with E-state index >= 15 is 0 Å². The Hall–Kier alpha value is -0.0800. The van der Waals surface area contributed by atoms with Gasteiger partial charge < -0.3 is 11.1 Å². The Balaban J connectivity index is 0. The van der Waals surface area contributed by atoms with E-state index in [4.69, 9.17) is 5.73 Å². The number of nitrogens with two attached hydrogens (primary N) is 1. The van der Waals surface area contributed by atoms with Crippen LogP contribution in [-0.4, -0.2) is 19.1 Å². The molecule has 0 aromatic heterocycles. The molecule has 1 saturated heterocycles. The van der Waals surface area contributed by atoms with E-state index in [1.165, 1.54) is 51.6 Å². The fourth-order valence-corrected chi connectivity index (χ4v) is 1.91. The van der Waals surface area contributed by atoms with Gasteiger partial charge in [0.2, 0.25) is 0 Å². The zero-order valence-corrected chi connectivity index (χ0v) is 12.9. The Morgan fingerprint density at radius 2 is 1.24 bits per heavy atom. The van der Waals surface area contributed by atoms with E-state index in [-0.39, 0.29) is 0 Å². The highest BCUT2D eigenvalue weighted by molar-refractivity contribution is 4.70. The first kappa shape index (κ1) is 19.3. The van der Waals surface area contributed by atoms with E-state index in [1.807, 2.05) is 27.7 Å². The van der Waals surface area contributed by atoms with Crippen LogP contribution in [0.4, 0.5) is 0 Å². The second-order valence-electron chi connectivity index (χ2n) is 4.48. The minimum absolute atomic E-state index is 0.520. The molecule has 0 aromatic carbocycles. The molecule has 0 amide bonds. The molecule has 0 aromatic rings. The summed E-state index contributed by atoms with van der Waals surface area (Å²) in [6.07, 6.45) is 7.98. The van der Waals surface area contributed by atoms with Gasteiger partial charge in [-0.3, -0.25) is 0 Å². The minimum atomic E-state index is 0.520. The lowest BCUT2D eigenvalue weighted by molar-refractivity contribution is 0.348. The maximum Gasteiger partial charge on any atom is 0.00390 e. The molecule has 1 saturated carbocycles. The van der Waals surface area contributed by atoms with Gasteiger partial charge in [0, 0.05) is 6.04 Å². The van der Waals surface area contributed by atoms with Crippen molar-refractivity contribution in [3.63, 3.8) is 0 Å². The Morgan fingerprint density at radius 1 is 0.824 bits per heavy atom. The van der Waals surface area contributed by atoms with E-state index in [2.05, 4.69) is 12.2 Å². The van der Waals surface area contributed by atoms with Crippen molar-refractivity contribution in [2.45, 2.75) is 79.2 Å². The van der Waals surface area contributed by atoms with Crippen molar-refractivity contribution >= 4 is 0 Å². The minimum Gasteiger partial charge on any atom is -0.328 e.